The fourth-order valence-corrected chi connectivity index (χ4v) is 3.90. The average molecular weight is 509 g/mol. The van der Waals surface area contributed by atoms with Crippen LogP contribution in [0.3, 0.4) is 0 Å². The Hall–Kier alpha value is -3.33. The number of unbranched alkanes of at least 4 members (excludes halogenated alkanes) is 1. The summed E-state index contributed by atoms with van der Waals surface area (Å²) in [6.45, 7) is 4.28. The van der Waals surface area contributed by atoms with E-state index in [1.54, 1.807) is 27.7 Å². The quantitative estimate of drug-likeness (QED) is 0.350. The van der Waals surface area contributed by atoms with E-state index in [4.69, 9.17) is 4.74 Å². The molecule has 170 valence electrons. The molecule has 9 heteroatoms. The molecule has 8 nitrogen and oxygen atoms in total. The number of aryl methyl sites for hydroxylation is 3. The van der Waals surface area contributed by atoms with Gasteiger partial charge in [-0.1, -0.05) is 13.3 Å². The molecule has 4 aromatic rings. The summed E-state index contributed by atoms with van der Waals surface area (Å²) in [5.41, 5.74) is 3.43. The van der Waals surface area contributed by atoms with Gasteiger partial charge >= 0.3 is 0 Å². The molecule has 33 heavy (non-hydrogen) atoms. The zero-order valence-corrected chi connectivity index (χ0v) is 20.4. The number of rotatable bonds is 8. The number of aromatic nitrogens is 6. The molecule has 0 saturated heterocycles. The Labute approximate surface area is 200 Å². The Kier molecular flexibility index (Phi) is 6.98. The minimum Gasteiger partial charge on any atom is -0.486 e. The normalized spacial score (nSPS) is 11.0. The topological polar surface area (TPSA) is 87.7 Å². The zero-order chi connectivity index (χ0) is 23.4. The molecule has 0 bridgehead atoms. The van der Waals surface area contributed by atoms with E-state index in [-0.39, 0.29) is 12.2 Å². The molecule has 0 fully saturated rings. The lowest BCUT2D eigenvalue weighted by molar-refractivity contribution is 0.296. The predicted octanol–water partition coefficient (Wildman–Crippen LogP) is 4.42. The molecule has 0 unspecified atom stereocenters. The molecule has 0 saturated carbocycles. The standard InChI is InChI=1S/C24H25BrN6O2/c1-4-5-6-22-27-11-8-19(28-22)20-14-18(7-10-26-20)31-16(2)13-21(23(25)24(31)32)33-15-17-9-12-30(3)29-17/h7-14H,4-6,15H2,1-3H3. The van der Waals surface area contributed by atoms with E-state index in [1.807, 2.05) is 44.4 Å². The molecule has 4 rings (SSSR count). The summed E-state index contributed by atoms with van der Waals surface area (Å²) >= 11 is 3.42. The third-order valence-electron chi connectivity index (χ3n) is 5.17. The predicted molar refractivity (Wildman–Crippen MR) is 129 cm³/mol. The van der Waals surface area contributed by atoms with E-state index in [9.17, 15) is 4.79 Å². The summed E-state index contributed by atoms with van der Waals surface area (Å²) in [7, 11) is 1.85. The molecule has 0 aliphatic carbocycles. The number of hydrogen-bond donors (Lipinski definition) is 0. The highest BCUT2D eigenvalue weighted by Crippen LogP contribution is 2.26. The van der Waals surface area contributed by atoms with Crippen molar-refractivity contribution in [2.24, 2.45) is 7.05 Å². The van der Waals surface area contributed by atoms with Crippen LogP contribution in [0, 0.1) is 6.92 Å². The van der Waals surface area contributed by atoms with E-state index in [0.29, 0.717) is 21.6 Å². The summed E-state index contributed by atoms with van der Waals surface area (Å²) in [6, 6.07) is 9.21. The SMILES string of the molecule is CCCCc1nccc(-c2cc(-n3c(C)cc(OCc4ccn(C)n4)c(Br)c3=O)ccn2)n1. The van der Waals surface area contributed by atoms with Gasteiger partial charge in [0, 0.05) is 43.8 Å². The molecule has 0 spiro atoms. The Morgan fingerprint density at radius 3 is 2.67 bits per heavy atom. The van der Waals surface area contributed by atoms with Crippen LogP contribution in [0.1, 0.15) is 37.0 Å². The van der Waals surface area contributed by atoms with E-state index in [1.165, 1.54) is 0 Å². The second-order valence-corrected chi connectivity index (χ2v) is 8.53. The van der Waals surface area contributed by atoms with Crippen LogP contribution in [0.25, 0.3) is 17.1 Å². The van der Waals surface area contributed by atoms with E-state index in [2.05, 4.69) is 42.9 Å². The van der Waals surface area contributed by atoms with Crippen LogP contribution >= 0.6 is 15.9 Å². The summed E-state index contributed by atoms with van der Waals surface area (Å²) in [4.78, 5) is 26.7. The Morgan fingerprint density at radius 1 is 1.09 bits per heavy atom. The number of halogens is 1. The second kappa shape index (κ2) is 10.1. The Bertz CT molecular complexity index is 1330. The highest BCUT2D eigenvalue weighted by molar-refractivity contribution is 9.10. The van der Waals surface area contributed by atoms with Crippen LogP contribution in [0.15, 0.2) is 58.2 Å². The van der Waals surface area contributed by atoms with Gasteiger partial charge in [0.2, 0.25) is 0 Å². The fourth-order valence-electron chi connectivity index (χ4n) is 3.49. The molecule has 0 radical (unpaired) electrons. The van der Waals surface area contributed by atoms with E-state index < -0.39 is 0 Å². The van der Waals surface area contributed by atoms with Crippen LogP contribution < -0.4 is 10.3 Å². The molecule has 0 aliphatic rings. The molecule has 0 aliphatic heterocycles. The molecule has 4 heterocycles. The van der Waals surface area contributed by atoms with Crippen molar-refractivity contribution < 1.29 is 4.74 Å². The maximum absolute atomic E-state index is 13.2. The van der Waals surface area contributed by atoms with Gasteiger partial charge in [-0.05, 0) is 53.5 Å². The van der Waals surface area contributed by atoms with Crippen molar-refractivity contribution in [3.63, 3.8) is 0 Å². The first-order valence-electron chi connectivity index (χ1n) is 10.8. The lowest BCUT2D eigenvalue weighted by atomic mass is 10.2. The first-order chi connectivity index (χ1) is 16.0. The van der Waals surface area contributed by atoms with Crippen molar-refractivity contribution in [1.82, 2.24) is 29.3 Å². The maximum Gasteiger partial charge on any atom is 0.273 e. The van der Waals surface area contributed by atoms with Gasteiger partial charge in [-0.15, -0.1) is 0 Å². The number of nitrogens with zero attached hydrogens (tertiary/aromatic N) is 6. The van der Waals surface area contributed by atoms with Gasteiger partial charge < -0.3 is 4.74 Å². The molecule has 4 aromatic heterocycles. The first-order valence-corrected chi connectivity index (χ1v) is 11.6. The highest BCUT2D eigenvalue weighted by atomic mass is 79.9. The van der Waals surface area contributed by atoms with Gasteiger partial charge in [-0.3, -0.25) is 19.0 Å². The molecular formula is C24H25BrN6O2. The fraction of sp³-hybridized carbons (Fsp3) is 0.292. The highest BCUT2D eigenvalue weighted by Gasteiger charge is 2.15. The van der Waals surface area contributed by atoms with Gasteiger partial charge in [0.05, 0.1) is 22.8 Å². The minimum absolute atomic E-state index is 0.213. The molecule has 0 aromatic carbocycles. The monoisotopic (exact) mass is 508 g/mol. The number of pyridine rings is 2. The van der Waals surface area contributed by atoms with Crippen LogP contribution in [-0.4, -0.2) is 29.3 Å². The van der Waals surface area contributed by atoms with Gasteiger partial charge in [0.25, 0.3) is 5.56 Å². The van der Waals surface area contributed by atoms with Gasteiger partial charge in [-0.25, -0.2) is 9.97 Å². The summed E-state index contributed by atoms with van der Waals surface area (Å²) in [6.07, 6.45) is 8.24. The second-order valence-electron chi connectivity index (χ2n) is 7.73. The van der Waals surface area contributed by atoms with E-state index in [0.717, 1.165) is 42.2 Å². The number of hydrogen-bond acceptors (Lipinski definition) is 6. The van der Waals surface area contributed by atoms with Crippen LogP contribution in [-0.2, 0) is 20.1 Å². The van der Waals surface area contributed by atoms with Crippen molar-refractivity contribution in [3.8, 4) is 22.8 Å². The van der Waals surface area contributed by atoms with Crippen LogP contribution in [0.2, 0.25) is 0 Å². The average Bonchev–Trinajstić information content (AvgIpc) is 3.24. The smallest absolute Gasteiger partial charge is 0.273 e. The van der Waals surface area contributed by atoms with Gasteiger partial charge in [0.1, 0.15) is 22.7 Å². The lowest BCUT2D eigenvalue weighted by Crippen LogP contribution is -2.22. The van der Waals surface area contributed by atoms with Crippen molar-refractivity contribution in [1.29, 1.82) is 0 Å². The van der Waals surface area contributed by atoms with Crippen molar-refractivity contribution in [2.75, 3.05) is 0 Å². The van der Waals surface area contributed by atoms with Crippen molar-refractivity contribution in [2.45, 2.75) is 39.7 Å². The first kappa shape index (κ1) is 22.8. The maximum atomic E-state index is 13.2. The third-order valence-corrected chi connectivity index (χ3v) is 5.90. The summed E-state index contributed by atoms with van der Waals surface area (Å²) in [5, 5.41) is 4.30. The Morgan fingerprint density at radius 2 is 1.91 bits per heavy atom. The minimum atomic E-state index is -0.213. The lowest BCUT2D eigenvalue weighted by Gasteiger charge is -2.15. The Balaban J connectivity index is 1.64. The summed E-state index contributed by atoms with van der Waals surface area (Å²) in [5.74, 6) is 1.28. The van der Waals surface area contributed by atoms with Crippen LogP contribution in [0.5, 0.6) is 5.75 Å². The molecule has 0 N–H and O–H groups in total. The molecular weight excluding hydrogens is 484 g/mol. The third kappa shape index (κ3) is 5.19. The summed E-state index contributed by atoms with van der Waals surface area (Å²) < 4.78 is 9.55. The number of ether oxygens (including phenoxy) is 1. The van der Waals surface area contributed by atoms with Crippen LogP contribution in [0.4, 0.5) is 0 Å². The van der Waals surface area contributed by atoms with Gasteiger partial charge in [-0.2, -0.15) is 5.10 Å². The molecule has 0 amide bonds. The zero-order valence-electron chi connectivity index (χ0n) is 18.8. The van der Waals surface area contributed by atoms with Crippen molar-refractivity contribution >= 4 is 15.9 Å². The molecule has 0 atom stereocenters. The largest absolute Gasteiger partial charge is 0.486 e. The van der Waals surface area contributed by atoms with Crippen molar-refractivity contribution in [3.05, 3.63) is 81.0 Å². The van der Waals surface area contributed by atoms with Gasteiger partial charge in [0.15, 0.2) is 0 Å². The van der Waals surface area contributed by atoms with E-state index >= 15 is 0 Å².